The van der Waals surface area contributed by atoms with Crippen LogP contribution in [0.4, 0.5) is 13.2 Å². The van der Waals surface area contributed by atoms with E-state index in [0.29, 0.717) is 0 Å². The van der Waals surface area contributed by atoms with Gasteiger partial charge in [-0.3, -0.25) is 4.79 Å². The summed E-state index contributed by atoms with van der Waals surface area (Å²) in [4.78, 5) is 23.2. The third-order valence-corrected chi connectivity index (χ3v) is 4.13. The standard InChI is InChI=1S/C17H17ClF3NO3/c18-14-7-6-12(17(19,20)21)9-11(14)5-8-16(24)25-10-15(23)22-13-3-1-2-4-13/h5-9,13H,1-4,10H2,(H,22,23)/b8-5+. The van der Waals surface area contributed by atoms with Crippen LogP contribution in [-0.4, -0.2) is 24.5 Å². The number of benzene rings is 1. The number of alkyl halides is 3. The Morgan fingerprint density at radius 2 is 1.96 bits per heavy atom. The van der Waals surface area contributed by atoms with Crippen molar-refractivity contribution in [1.82, 2.24) is 5.32 Å². The Labute approximate surface area is 148 Å². The van der Waals surface area contributed by atoms with Gasteiger partial charge in [-0.05, 0) is 42.7 Å². The Kier molecular flexibility index (Phi) is 6.47. The molecule has 0 saturated heterocycles. The molecule has 1 fully saturated rings. The first kappa shape index (κ1) is 19.3. The van der Waals surface area contributed by atoms with Gasteiger partial charge in [0.25, 0.3) is 5.91 Å². The minimum absolute atomic E-state index is 0.0313. The van der Waals surface area contributed by atoms with Gasteiger partial charge in [0.2, 0.25) is 0 Å². The van der Waals surface area contributed by atoms with E-state index in [0.717, 1.165) is 56.0 Å². The Morgan fingerprint density at radius 3 is 2.60 bits per heavy atom. The lowest BCUT2D eigenvalue weighted by Crippen LogP contribution is -2.35. The molecule has 2 rings (SSSR count). The predicted octanol–water partition coefficient (Wildman–Crippen LogP) is 3.97. The van der Waals surface area contributed by atoms with Gasteiger partial charge in [-0.15, -0.1) is 0 Å². The molecular weight excluding hydrogens is 359 g/mol. The number of halogens is 4. The highest BCUT2D eigenvalue weighted by Gasteiger charge is 2.30. The lowest BCUT2D eigenvalue weighted by Gasteiger charge is -2.11. The number of hydrogen-bond acceptors (Lipinski definition) is 3. The van der Waals surface area contributed by atoms with Crippen molar-refractivity contribution in [3.8, 4) is 0 Å². The van der Waals surface area contributed by atoms with E-state index in [2.05, 4.69) is 5.32 Å². The molecule has 0 unspecified atom stereocenters. The highest BCUT2D eigenvalue weighted by molar-refractivity contribution is 6.32. The summed E-state index contributed by atoms with van der Waals surface area (Å²) >= 11 is 5.82. The predicted molar refractivity (Wildman–Crippen MR) is 86.8 cm³/mol. The van der Waals surface area contributed by atoms with Gasteiger partial charge in [-0.25, -0.2) is 4.79 Å². The molecule has 4 nitrogen and oxygen atoms in total. The molecule has 0 radical (unpaired) electrons. The SMILES string of the molecule is O=C(COC(=O)/C=C/c1cc(C(F)(F)F)ccc1Cl)NC1CCCC1. The number of carbonyl (C=O) groups excluding carboxylic acids is 2. The van der Waals surface area contributed by atoms with E-state index in [1.807, 2.05) is 0 Å². The molecule has 1 aliphatic rings. The van der Waals surface area contributed by atoms with Crippen molar-refractivity contribution >= 4 is 29.6 Å². The monoisotopic (exact) mass is 375 g/mol. The fourth-order valence-corrected chi connectivity index (χ4v) is 2.71. The van der Waals surface area contributed by atoms with Gasteiger partial charge in [0.1, 0.15) is 0 Å². The van der Waals surface area contributed by atoms with E-state index < -0.39 is 30.2 Å². The molecule has 1 aliphatic carbocycles. The molecule has 8 heteroatoms. The molecule has 0 spiro atoms. The Bertz CT molecular complexity index is 668. The van der Waals surface area contributed by atoms with Crippen LogP contribution in [0.5, 0.6) is 0 Å². The Hall–Kier alpha value is -2.02. The zero-order valence-corrected chi connectivity index (χ0v) is 14.0. The zero-order valence-electron chi connectivity index (χ0n) is 13.2. The second-order valence-corrected chi connectivity index (χ2v) is 6.13. The van der Waals surface area contributed by atoms with Crippen LogP contribution in [0.25, 0.3) is 6.08 Å². The maximum Gasteiger partial charge on any atom is 0.416 e. The molecule has 1 aromatic carbocycles. The molecule has 1 aromatic rings. The Balaban J connectivity index is 1.88. The van der Waals surface area contributed by atoms with Crippen molar-refractivity contribution in [3.63, 3.8) is 0 Å². The molecule has 136 valence electrons. The second kappa shape index (κ2) is 8.38. The van der Waals surface area contributed by atoms with Crippen molar-refractivity contribution in [2.45, 2.75) is 37.9 Å². The first-order chi connectivity index (χ1) is 11.8. The van der Waals surface area contributed by atoms with E-state index in [9.17, 15) is 22.8 Å². The van der Waals surface area contributed by atoms with E-state index in [1.165, 1.54) is 0 Å². The van der Waals surface area contributed by atoms with Crippen molar-refractivity contribution < 1.29 is 27.5 Å². The summed E-state index contributed by atoms with van der Waals surface area (Å²) in [5.74, 6) is -1.24. The lowest BCUT2D eigenvalue weighted by molar-refractivity contribution is -0.144. The fourth-order valence-electron chi connectivity index (χ4n) is 2.53. The number of nitrogens with one attached hydrogen (secondary N) is 1. The van der Waals surface area contributed by atoms with Gasteiger partial charge < -0.3 is 10.1 Å². The minimum atomic E-state index is -4.51. The molecule has 25 heavy (non-hydrogen) atoms. The molecule has 0 aliphatic heterocycles. The van der Waals surface area contributed by atoms with Gasteiger partial charge in [-0.2, -0.15) is 13.2 Å². The van der Waals surface area contributed by atoms with Crippen LogP contribution in [0.1, 0.15) is 36.8 Å². The average molecular weight is 376 g/mol. The molecule has 1 saturated carbocycles. The van der Waals surface area contributed by atoms with E-state index in [-0.39, 0.29) is 16.6 Å². The summed E-state index contributed by atoms with van der Waals surface area (Å²) in [5.41, 5.74) is -0.843. The maximum atomic E-state index is 12.7. The molecule has 0 aromatic heterocycles. The summed E-state index contributed by atoms with van der Waals surface area (Å²) in [5, 5.41) is 2.82. The normalized spacial score (nSPS) is 15.5. The maximum absolute atomic E-state index is 12.7. The van der Waals surface area contributed by atoms with Crippen molar-refractivity contribution in [1.29, 1.82) is 0 Å². The second-order valence-electron chi connectivity index (χ2n) is 5.72. The van der Waals surface area contributed by atoms with Crippen molar-refractivity contribution in [2.24, 2.45) is 0 Å². The molecule has 0 heterocycles. The van der Waals surface area contributed by atoms with Gasteiger partial charge >= 0.3 is 12.1 Å². The quantitative estimate of drug-likeness (QED) is 0.625. The van der Waals surface area contributed by atoms with Gasteiger partial charge in [0, 0.05) is 17.1 Å². The highest BCUT2D eigenvalue weighted by Crippen LogP contribution is 2.32. The minimum Gasteiger partial charge on any atom is -0.452 e. The smallest absolute Gasteiger partial charge is 0.416 e. The van der Waals surface area contributed by atoms with E-state index in [4.69, 9.17) is 16.3 Å². The number of carbonyl (C=O) groups is 2. The number of esters is 1. The van der Waals surface area contributed by atoms with Gasteiger partial charge in [0.05, 0.1) is 5.56 Å². The number of ether oxygens (including phenoxy) is 1. The van der Waals surface area contributed by atoms with Crippen LogP contribution >= 0.6 is 11.6 Å². The topological polar surface area (TPSA) is 55.4 Å². The molecular formula is C17H17ClF3NO3. The van der Waals surface area contributed by atoms with Crippen LogP contribution in [0.2, 0.25) is 5.02 Å². The van der Waals surface area contributed by atoms with Crippen molar-refractivity contribution in [2.75, 3.05) is 6.61 Å². The molecule has 0 bridgehead atoms. The van der Waals surface area contributed by atoms with Gasteiger partial charge in [-0.1, -0.05) is 24.4 Å². The van der Waals surface area contributed by atoms with E-state index >= 15 is 0 Å². The fraction of sp³-hybridized carbons (Fsp3) is 0.412. The lowest BCUT2D eigenvalue weighted by atomic mass is 10.1. The van der Waals surface area contributed by atoms with Crippen LogP contribution in [0, 0.1) is 0 Å². The third-order valence-electron chi connectivity index (χ3n) is 3.79. The summed E-state index contributed by atoms with van der Waals surface area (Å²) < 4.78 is 42.8. The molecule has 0 atom stereocenters. The zero-order chi connectivity index (χ0) is 18.4. The first-order valence-corrected chi connectivity index (χ1v) is 8.14. The Morgan fingerprint density at radius 1 is 1.28 bits per heavy atom. The summed E-state index contributed by atoms with van der Waals surface area (Å²) in [7, 11) is 0. The third kappa shape index (κ3) is 6.08. The van der Waals surface area contributed by atoms with Crippen LogP contribution in [0.3, 0.4) is 0 Å². The highest BCUT2D eigenvalue weighted by atomic mass is 35.5. The number of amides is 1. The summed E-state index contributed by atoms with van der Waals surface area (Å²) in [6, 6.07) is 2.90. The average Bonchev–Trinajstić information content (AvgIpc) is 3.04. The van der Waals surface area contributed by atoms with Crippen LogP contribution < -0.4 is 5.32 Å². The van der Waals surface area contributed by atoms with Gasteiger partial charge in [0.15, 0.2) is 6.61 Å². The van der Waals surface area contributed by atoms with Crippen LogP contribution in [0.15, 0.2) is 24.3 Å². The van der Waals surface area contributed by atoms with E-state index in [1.54, 1.807) is 0 Å². The summed E-state index contributed by atoms with van der Waals surface area (Å²) in [6.45, 7) is -0.435. The molecule has 1 amide bonds. The number of hydrogen-bond donors (Lipinski definition) is 1. The van der Waals surface area contributed by atoms with Crippen LogP contribution in [-0.2, 0) is 20.5 Å². The summed E-state index contributed by atoms with van der Waals surface area (Å²) in [6.07, 6.45) is 1.49. The van der Waals surface area contributed by atoms with Crippen molar-refractivity contribution in [3.05, 3.63) is 40.4 Å². The molecule has 1 N–H and O–H groups in total. The number of rotatable bonds is 5. The largest absolute Gasteiger partial charge is 0.452 e. The first-order valence-electron chi connectivity index (χ1n) is 7.76.